The zero-order chi connectivity index (χ0) is 15.8. The van der Waals surface area contributed by atoms with Crippen LogP contribution in [-0.4, -0.2) is 42.6 Å². The number of aliphatic imine (C=N–C) groups is 1. The quantitative estimate of drug-likeness (QED) is 0.400. The molecule has 0 spiro atoms. The second-order valence-electron chi connectivity index (χ2n) is 5.27. The Labute approximate surface area is 136 Å². The van der Waals surface area contributed by atoms with Crippen molar-refractivity contribution >= 4 is 22.6 Å². The Kier molecular flexibility index (Phi) is 6.56. The van der Waals surface area contributed by atoms with Gasteiger partial charge in [0.2, 0.25) is 0 Å². The van der Waals surface area contributed by atoms with Crippen molar-refractivity contribution in [2.24, 2.45) is 4.99 Å². The topological polar surface area (TPSA) is 60.6 Å². The highest BCUT2D eigenvalue weighted by Crippen LogP contribution is 2.28. The van der Waals surface area contributed by atoms with Crippen molar-refractivity contribution in [1.82, 2.24) is 10.2 Å². The molecular weight excluding hydrogens is 296 g/mol. The molecule has 6 heteroatoms. The number of hydrogen-bond acceptors (Lipinski definition) is 5. The summed E-state index contributed by atoms with van der Waals surface area (Å²) < 4.78 is 6.00. The van der Waals surface area contributed by atoms with Crippen molar-refractivity contribution in [2.45, 2.75) is 25.3 Å². The Morgan fingerprint density at radius 3 is 3.05 bits per heavy atom. The van der Waals surface area contributed by atoms with E-state index in [1.807, 2.05) is 36.7 Å². The minimum Gasteiger partial charge on any atom is -0.490 e. The fraction of sp³-hybridized carbons (Fsp3) is 0.500. The number of amidine groups is 1. The molecule has 1 heterocycles. The average molecular weight is 318 g/mol. The Hall–Kier alpha value is -1.71. The molecule has 0 amide bonds. The molecule has 118 valence electrons. The zero-order valence-corrected chi connectivity index (χ0v) is 13.9. The monoisotopic (exact) mass is 318 g/mol. The van der Waals surface area contributed by atoms with Crippen LogP contribution in [-0.2, 0) is 0 Å². The number of hydrogen-bond donors (Lipinski definition) is 1. The zero-order valence-electron chi connectivity index (χ0n) is 13.1. The van der Waals surface area contributed by atoms with Gasteiger partial charge in [0.25, 0.3) is 0 Å². The number of nitriles is 1. The number of ether oxygens (including phenoxy) is 1. The SMILES string of the molecule is CSC(=Nc1ccccc1OCC1CCCCN1C)NC#N. The summed E-state index contributed by atoms with van der Waals surface area (Å²) >= 11 is 1.40. The molecular formula is C16H22N4OS. The second-order valence-corrected chi connectivity index (χ2v) is 6.06. The van der Waals surface area contributed by atoms with E-state index in [9.17, 15) is 0 Å². The van der Waals surface area contributed by atoms with Gasteiger partial charge >= 0.3 is 0 Å². The molecule has 1 fully saturated rings. The van der Waals surface area contributed by atoms with Crippen LogP contribution in [0.15, 0.2) is 29.3 Å². The van der Waals surface area contributed by atoms with Crippen molar-refractivity contribution in [2.75, 3.05) is 26.5 Å². The third-order valence-corrected chi connectivity index (χ3v) is 4.38. The Balaban J connectivity index is 2.06. The van der Waals surface area contributed by atoms with E-state index in [0.717, 1.165) is 18.0 Å². The van der Waals surface area contributed by atoms with E-state index in [1.54, 1.807) is 0 Å². The molecule has 1 N–H and O–H groups in total. The van der Waals surface area contributed by atoms with Gasteiger partial charge < -0.3 is 9.64 Å². The van der Waals surface area contributed by atoms with E-state index in [2.05, 4.69) is 22.3 Å². The van der Waals surface area contributed by atoms with E-state index >= 15 is 0 Å². The van der Waals surface area contributed by atoms with Crippen LogP contribution in [0, 0.1) is 11.5 Å². The van der Waals surface area contributed by atoms with Gasteiger partial charge in [0.05, 0.1) is 0 Å². The van der Waals surface area contributed by atoms with Crippen LogP contribution >= 0.6 is 11.8 Å². The first-order valence-corrected chi connectivity index (χ1v) is 8.67. The molecule has 1 aliphatic heterocycles. The number of rotatable bonds is 4. The molecule has 1 aromatic rings. The molecule has 0 saturated carbocycles. The molecule has 1 unspecified atom stereocenters. The molecule has 5 nitrogen and oxygen atoms in total. The van der Waals surface area contributed by atoms with Crippen LogP contribution in [0.3, 0.4) is 0 Å². The highest BCUT2D eigenvalue weighted by molar-refractivity contribution is 8.13. The molecule has 0 radical (unpaired) electrons. The molecule has 2 rings (SSSR count). The minimum absolute atomic E-state index is 0.461. The van der Waals surface area contributed by atoms with Gasteiger partial charge in [0.1, 0.15) is 18.0 Å². The predicted octanol–water partition coefficient (Wildman–Crippen LogP) is 2.97. The summed E-state index contributed by atoms with van der Waals surface area (Å²) in [5.74, 6) is 0.757. The van der Waals surface area contributed by atoms with E-state index in [4.69, 9.17) is 10.00 Å². The van der Waals surface area contributed by atoms with Gasteiger partial charge in [-0.05, 0) is 44.8 Å². The van der Waals surface area contributed by atoms with Gasteiger partial charge in [-0.15, -0.1) is 0 Å². The molecule has 0 aromatic heterocycles. The summed E-state index contributed by atoms with van der Waals surface area (Å²) in [7, 11) is 2.15. The number of para-hydroxylation sites is 2. The maximum atomic E-state index is 8.73. The standard InChI is InChI=1S/C16H22N4OS/c1-20-10-6-5-7-13(20)11-21-15-9-4-3-8-14(15)19-16(22-2)18-12-17/h3-4,8-9,13H,5-7,10-11H2,1-2H3,(H,18,19). The highest BCUT2D eigenvalue weighted by atomic mass is 32.2. The summed E-state index contributed by atoms with van der Waals surface area (Å²) in [6.07, 6.45) is 7.49. The number of nitrogens with zero attached hydrogens (tertiary/aromatic N) is 3. The lowest BCUT2D eigenvalue weighted by atomic mass is 10.0. The first-order chi connectivity index (χ1) is 10.7. The molecule has 0 bridgehead atoms. The third kappa shape index (κ3) is 4.65. The number of likely N-dealkylation sites (tertiary alicyclic amines) is 1. The average Bonchev–Trinajstić information content (AvgIpc) is 2.55. The largest absolute Gasteiger partial charge is 0.490 e. The molecule has 0 aliphatic carbocycles. The molecule has 1 atom stereocenters. The normalized spacial score (nSPS) is 19.5. The molecule has 1 aliphatic rings. The first-order valence-electron chi connectivity index (χ1n) is 7.44. The van der Waals surface area contributed by atoms with Crippen LogP contribution in [0.2, 0.25) is 0 Å². The minimum atomic E-state index is 0.461. The summed E-state index contributed by atoms with van der Waals surface area (Å²) in [5.41, 5.74) is 0.744. The van der Waals surface area contributed by atoms with Gasteiger partial charge in [0, 0.05) is 6.04 Å². The van der Waals surface area contributed by atoms with Gasteiger partial charge in [-0.2, -0.15) is 5.26 Å². The lowest BCUT2D eigenvalue weighted by Crippen LogP contribution is -2.40. The number of piperidine rings is 1. The van der Waals surface area contributed by atoms with Crippen molar-refractivity contribution in [3.63, 3.8) is 0 Å². The maximum Gasteiger partial charge on any atom is 0.183 e. The Bertz CT molecular complexity index is 555. The number of likely N-dealkylation sites (N-methyl/N-ethyl adjacent to an activating group) is 1. The smallest absolute Gasteiger partial charge is 0.183 e. The van der Waals surface area contributed by atoms with Gasteiger partial charge in [-0.3, -0.25) is 5.32 Å². The Morgan fingerprint density at radius 2 is 2.32 bits per heavy atom. The van der Waals surface area contributed by atoms with Crippen molar-refractivity contribution in [1.29, 1.82) is 5.26 Å². The van der Waals surface area contributed by atoms with Crippen LogP contribution in [0.5, 0.6) is 5.75 Å². The summed E-state index contributed by atoms with van der Waals surface area (Å²) in [5, 5.41) is 11.9. The van der Waals surface area contributed by atoms with Crippen molar-refractivity contribution < 1.29 is 4.74 Å². The van der Waals surface area contributed by atoms with Crippen LogP contribution in [0.25, 0.3) is 0 Å². The molecule has 1 aromatic carbocycles. The van der Waals surface area contributed by atoms with Crippen molar-refractivity contribution in [3.8, 4) is 11.9 Å². The first kappa shape index (κ1) is 16.7. The van der Waals surface area contributed by atoms with E-state index in [0.29, 0.717) is 17.8 Å². The fourth-order valence-electron chi connectivity index (χ4n) is 2.49. The number of benzene rings is 1. The van der Waals surface area contributed by atoms with E-state index in [1.165, 1.54) is 31.0 Å². The van der Waals surface area contributed by atoms with Gasteiger partial charge in [-0.25, -0.2) is 4.99 Å². The lowest BCUT2D eigenvalue weighted by molar-refractivity contribution is 0.125. The van der Waals surface area contributed by atoms with Crippen LogP contribution in [0.4, 0.5) is 5.69 Å². The summed E-state index contributed by atoms with van der Waals surface area (Å²) in [6.45, 7) is 1.81. The second kappa shape index (κ2) is 8.66. The predicted molar refractivity (Wildman–Crippen MR) is 91.6 cm³/mol. The summed E-state index contributed by atoms with van der Waals surface area (Å²) in [6, 6.07) is 8.14. The molecule has 1 saturated heterocycles. The van der Waals surface area contributed by atoms with Gasteiger partial charge in [-0.1, -0.05) is 30.3 Å². The Morgan fingerprint density at radius 1 is 1.50 bits per heavy atom. The van der Waals surface area contributed by atoms with E-state index < -0.39 is 0 Å². The van der Waals surface area contributed by atoms with Crippen LogP contribution < -0.4 is 10.1 Å². The molecule has 22 heavy (non-hydrogen) atoms. The fourth-order valence-corrected chi connectivity index (χ4v) is 2.83. The van der Waals surface area contributed by atoms with E-state index in [-0.39, 0.29) is 0 Å². The lowest BCUT2D eigenvalue weighted by Gasteiger charge is -2.32. The van der Waals surface area contributed by atoms with Gasteiger partial charge in [0.15, 0.2) is 11.4 Å². The van der Waals surface area contributed by atoms with Crippen molar-refractivity contribution in [3.05, 3.63) is 24.3 Å². The maximum absolute atomic E-state index is 8.73. The van der Waals surface area contributed by atoms with Crippen LogP contribution in [0.1, 0.15) is 19.3 Å². The number of thioether (sulfide) groups is 1. The summed E-state index contributed by atoms with van der Waals surface area (Å²) in [4.78, 5) is 6.82. The third-order valence-electron chi connectivity index (χ3n) is 3.80. The highest BCUT2D eigenvalue weighted by Gasteiger charge is 2.19. The number of nitrogens with one attached hydrogen (secondary N) is 1.